The van der Waals surface area contributed by atoms with Crippen molar-refractivity contribution < 1.29 is 18.3 Å². The minimum atomic E-state index is -3.63. The topological polar surface area (TPSA) is 96.4 Å². The van der Waals surface area contributed by atoms with Crippen molar-refractivity contribution in [3.63, 3.8) is 0 Å². The molecule has 110 valence electrons. The van der Waals surface area contributed by atoms with Gasteiger partial charge in [0, 0.05) is 18.1 Å². The van der Waals surface area contributed by atoms with E-state index in [1.54, 1.807) is 24.5 Å². The Balaban J connectivity index is 2.02. The number of nitrogens with zero attached hydrogens (tertiary/aromatic N) is 1. The van der Waals surface area contributed by atoms with Crippen LogP contribution in [0.5, 0.6) is 0 Å². The molecule has 0 radical (unpaired) electrons. The van der Waals surface area contributed by atoms with E-state index in [0.29, 0.717) is 18.6 Å². The highest BCUT2D eigenvalue weighted by molar-refractivity contribution is 7.99. The number of carbonyl (C=O) groups is 1. The van der Waals surface area contributed by atoms with Gasteiger partial charge in [-0.1, -0.05) is 0 Å². The fourth-order valence-corrected chi connectivity index (χ4v) is 4.89. The first kappa shape index (κ1) is 15.3. The molecule has 0 bridgehead atoms. The van der Waals surface area contributed by atoms with Crippen molar-refractivity contribution in [3.8, 4) is 0 Å². The van der Waals surface area contributed by atoms with E-state index in [1.165, 1.54) is 11.8 Å². The van der Waals surface area contributed by atoms with Gasteiger partial charge in [0.1, 0.15) is 5.54 Å². The number of pyridine rings is 1. The lowest BCUT2D eigenvalue weighted by Crippen LogP contribution is -2.55. The SMILES string of the molecule is O=C(O)C1(NS(=O)(=O)CCc2ccncc2)CCSC1. The van der Waals surface area contributed by atoms with Gasteiger partial charge >= 0.3 is 5.97 Å². The molecule has 1 fully saturated rings. The Morgan fingerprint density at radius 3 is 2.70 bits per heavy atom. The number of aromatic nitrogens is 1. The molecule has 0 aliphatic carbocycles. The van der Waals surface area contributed by atoms with Crippen LogP contribution in [-0.2, 0) is 21.2 Å². The van der Waals surface area contributed by atoms with Crippen LogP contribution in [0.4, 0.5) is 0 Å². The summed E-state index contributed by atoms with van der Waals surface area (Å²) in [5.74, 6) is -0.304. The third-order valence-corrected chi connectivity index (χ3v) is 5.82. The van der Waals surface area contributed by atoms with E-state index in [1.807, 2.05) is 0 Å². The summed E-state index contributed by atoms with van der Waals surface area (Å²) in [5.41, 5.74) is -0.489. The number of carboxylic acid groups (broad SMARTS) is 1. The molecule has 0 amide bonds. The number of hydrogen-bond donors (Lipinski definition) is 2. The third-order valence-electron chi connectivity index (χ3n) is 3.19. The number of sulfonamides is 1. The predicted octanol–water partition coefficient (Wildman–Crippen LogP) is 0.504. The molecule has 8 heteroatoms. The molecular weight excluding hydrogens is 300 g/mol. The molecule has 0 aromatic carbocycles. The number of thioether (sulfide) groups is 1. The van der Waals surface area contributed by atoms with Crippen molar-refractivity contribution in [1.29, 1.82) is 0 Å². The molecule has 1 aliphatic rings. The van der Waals surface area contributed by atoms with Gasteiger partial charge in [-0.25, -0.2) is 8.42 Å². The van der Waals surface area contributed by atoms with Crippen molar-refractivity contribution in [3.05, 3.63) is 30.1 Å². The van der Waals surface area contributed by atoms with Crippen molar-refractivity contribution in [2.45, 2.75) is 18.4 Å². The molecule has 1 aliphatic heterocycles. The Hall–Kier alpha value is -1.12. The van der Waals surface area contributed by atoms with Crippen molar-refractivity contribution in [2.75, 3.05) is 17.3 Å². The number of aliphatic carboxylic acids is 1. The Bertz CT molecular complexity index is 568. The monoisotopic (exact) mass is 316 g/mol. The van der Waals surface area contributed by atoms with Gasteiger partial charge in [-0.05, 0) is 36.3 Å². The fourth-order valence-electron chi connectivity index (χ4n) is 2.01. The van der Waals surface area contributed by atoms with Crippen molar-refractivity contribution in [1.82, 2.24) is 9.71 Å². The summed E-state index contributed by atoms with van der Waals surface area (Å²) in [7, 11) is -3.63. The molecular formula is C12H16N2O4S2. The van der Waals surface area contributed by atoms with Crippen LogP contribution in [0.3, 0.4) is 0 Å². The van der Waals surface area contributed by atoms with Crippen LogP contribution in [-0.4, -0.2) is 47.3 Å². The van der Waals surface area contributed by atoms with E-state index in [2.05, 4.69) is 9.71 Å². The van der Waals surface area contributed by atoms with Gasteiger partial charge < -0.3 is 5.11 Å². The molecule has 0 saturated carbocycles. The van der Waals surface area contributed by atoms with E-state index < -0.39 is 21.5 Å². The van der Waals surface area contributed by atoms with Gasteiger partial charge in [0.05, 0.1) is 5.75 Å². The zero-order valence-electron chi connectivity index (χ0n) is 10.8. The Labute approximate surface area is 122 Å². The van der Waals surface area contributed by atoms with Gasteiger partial charge in [0.2, 0.25) is 10.0 Å². The van der Waals surface area contributed by atoms with Crippen LogP contribution in [0.15, 0.2) is 24.5 Å². The highest BCUT2D eigenvalue weighted by Crippen LogP contribution is 2.29. The second-order valence-corrected chi connectivity index (χ2v) is 7.66. The van der Waals surface area contributed by atoms with Gasteiger partial charge in [0.15, 0.2) is 0 Å². The number of nitrogens with one attached hydrogen (secondary N) is 1. The van der Waals surface area contributed by atoms with E-state index in [4.69, 9.17) is 0 Å². The van der Waals surface area contributed by atoms with Crippen LogP contribution in [0.2, 0.25) is 0 Å². The first-order valence-corrected chi connectivity index (χ1v) is 8.96. The minimum absolute atomic E-state index is 0.128. The molecule has 1 aromatic rings. The number of rotatable bonds is 6. The normalized spacial score (nSPS) is 22.8. The Morgan fingerprint density at radius 2 is 2.15 bits per heavy atom. The molecule has 1 saturated heterocycles. The maximum Gasteiger partial charge on any atom is 0.325 e. The summed E-state index contributed by atoms with van der Waals surface area (Å²) in [5, 5.41) is 9.26. The first-order chi connectivity index (χ1) is 9.44. The molecule has 0 spiro atoms. The van der Waals surface area contributed by atoms with Gasteiger partial charge in [-0.3, -0.25) is 9.78 Å². The highest BCUT2D eigenvalue weighted by Gasteiger charge is 2.44. The van der Waals surface area contributed by atoms with Gasteiger partial charge in [-0.15, -0.1) is 0 Å². The Kier molecular flexibility index (Phi) is 4.66. The lowest BCUT2D eigenvalue weighted by molar-refractivity contribution is -0.142. The van der Waals surface area contributed by atoms with Gasteiger partial charge in [0.25, 0.3) is 0 Å². The van der Waals surface area contributed by atoms with Crippen LogP contribution in [0.25, 0.3) is 0 Å². The van der Waals surface area contributed by atoms with Crippen molar-refractivity contribution >= 4 is 27.8 Å². The van der Waals surface area contributed by atoms with Crippen LogP contribution < -0.4 is 4.72 Å². The maximum atomic E-state index is 12.1. The summed E-state index contributed by atoms with van der Waals surface area (Å²) in [4.78, 5) is 15.2. The third kappa shape index (κ3) is 3.71. The second kappa shape index (κ2) is 6.11. The maximum absolute atomic E-state index is 12.1. The smallest absolute Gasteiger partial charge is 0.325 e. The van der Waals surface area contributed by atoms with E-state index in [0.717, 1.165) is 5.56 Å². The zero-order chi connectivity index (χ0) is 14.6. The molecule has 20 heavy (non-hydrogen) atoms. The van der Waals surface area contributed by atoms with Crippen LogP contribution in [0.1, 0.15) is 12.0 Å². The molecule has 2 heterocycles. The van der Waals surface area contributed by atoms with Crippen LogP contribution in [0, 0.1) is 0 Å². The number of hydrogen-bond acceptors (Lipinski definition) is 5. The summed E-state index contributed by atoms with van der Waals surface area (Å²) < 4.78 is 26.5. The van der Waals surface area contributed by atoms with Crippen molar-refractivity contribution in [2.24, 2.45) is 0 Å². The molecule has 2 rings (SSSR count). The molecule has 2 N–H and O–H groups in total. The summed E-state index contributed by atoms with van der Waals surface area (Å²) in [6.45, 7) is 0. The second-order valence-electron chi connectivity index (χ2n) is 4.72. The summed E-state index contributed by atoms with van der Waals surface area (Å²) >= 11 is 1.45. The lowest BCUT2D eigenvalue weighted by atomic mass is 10.0. The number of carboxylic acids is 1. The fraction of sp³-hybridized carbons (Fsp3) is 0.500. The zero-order valence-corrected chi connectivity index (χ0v) is 12.4. The first-order valence-electron chi connectivity index (χ1n) is 6.15. The van der Waals surface area contributed by atoms with E-state index >= 15 is 0 Å². The number of aryl methyl sites for hydroxylation is 1. The Morgan fingerprint density at radius 1 is 1.45 bits per heavy atom. The minimum Gasteiger partial charge on any atom is -0.480 e. The molecule has 1 aromatic heterocycles. The van der Waals surface area contributed by atoms with Crippen LogP contribution >= 0.6 is 11.8 Å². The lowest BCUT2D eigenvalue weighted by Gasteiger charge is -2.24. The standard InChI is InChI=1S/C12H16N2O4S2/c15-11(16)12(4-7-19-9-12)14-20(17,18)8-3-10-1-5-13-6-2-10/h1-2,5-6,14H,3-4,7-9H2,(H,15,16). The summed E-state index contributed by atoms with van der Waals surface area (Å²) in [6.07, 6.45) is 3.85. The quantitative estimate of drug-likeness (QED) is 0.793. The average Bonchev–Trinajstić information content (AvgIpc) is 2.87. The molecule has 6 nitrogen and oxygen atoms in total. The van der Waals surface area contributed by atoms with E-state index in [-0.39, 0.29) is 11.5 Å². The highest BCUT2D eigenvalue weighted by atomic mass is 32.2. The van der Waals surface area contributed by atoms with Gasteiger partial charge in [-0.2, -0.15) is 16.5 Å². The molecule has 1 atom stereocenters. The average molecular weight is 316 g/mol. The molecule has 1 unspecified atom stereocenters. The predicted molar refractivity (Wildman–Crippen MR) is 77.2 cm³/mol. The van der Waals surface area contributed by atoms with E-state index in [9.17, 15) is 18.3 Å². The largest absolute Gasteiger partial charge is 0.480 e. The summed E-state index contributed by atoms with van der Waals surface area (Å²) in [6, 6.07) is 3.49.